The number of ketones is 1. The van der Waals surface area contributed by atoms with Crippen molar-refractivity contribution in [2.24, 2.45) is 17.3 Å². The fourth-order valence-electron chi connectivity index (χ4n) is 9.76. The monoisotopic (exact) mass is 992 g/mol. The molecule has 0 aromatic heterocycles. The number of aliphatic hydroxyl groups is 1. The van der Waals surface area contributed by atoms with E-state index in [0.717, 1.165) is 21.5 Å². The molecule has 0 saturated carbocycles. The van der Waals surface area contributed by atoms with Gasteiger partial charge in [0.2, 0.25) is 0 Å². The first-order valence-corrected chi connectivity index (χ1v) is 27.8. The van der Waals surface area contributed by atoms with Gasteiger partial charge in [-0.3, -0.25) is 9.59 Å². The Bertz CT molecular complexity index is 2480. The van der Waals surface area contributed by atoms with Crippen LogP contribution < -0.4 is 15.1 Å². The van der Waals surface area contributed by atoms with E-state index in [-0.39, 0.29) is 61.4 Å². The molecular formula is C57H72O11SSi. The second kappa shape index (κ2) is 23.9. The van der Waals surface area contributed by atoms with Crippen molar-refractivity contribution in [1.82, 2.24) is 0 Å². The number of methoxy groups -OCH3 is 1. The zero-order valence-corrected chi connectivity index (χ0v) is 43.7. The molecule has 6 rings (SSSR count). The van der Waals surface area contributed by atoms with Crippen molar-refractivity contribution in [1.29, 1.82) is 0 Å². The van der Waals surface area contributed by atoms with E-state index in [1.807, 2.05) is 112 Å². The number of rotatable bonds is 24. The lowest BCUT2D eigenvalue weighted by Gasteiger charge is -2.45. The predicted molar refractivity (Wildman–Crippen MR) is 275 cm³/mol. The molecule has 1 fully saturated rings. The minimum Gasteiger partial charge on any atom is -0.497 e. The summed E-state index contributed by atoms with van der Waals surface area (Å²) >= 11 is 0. The van der Waals surface area contributed by atoms with Gasteiger partial charge in [0.1, 0.15) is 11.0 Å². The molecule has 1 unspecified atom stereocenters. The summed E-state index contributed by atoms with van der Waals surface area (Å²) in [6.45, 7) is 14.3. The van der Waals surface area contributed by atoms with Gasteiger partial charge < -0.3 is 33.6 Å². The van der Waals surface area contributed by atoms with Gasteiger partial charge in [-0.25, -0.2) is 8.42 Å². The number of hydrogen-bond acceptors (Lipinski definition) is 10. The lowest BCUT2D eigenvalue weighted by atomic mass is 9.76. The number of hydrogen-bond donors (Lipinski definition) is 2. The van der Waals surface area contributed by atoms with Crippen LogP contribution in [0.15, 0.2) is 150 Å². The maximum atomic E-state index is 15.2. The van der Waals surface area contributed by atoms with E-state index in [4.69, 9.17) is 23.4 Å². The van der Waals surface area contributed by atoms with Crippen LogP contribution in [0.3, 0.4) is 0 Å². The first kappa shape index (κ1) is 54.3. The Hall–Kier alpha value is -4.99. The van der Waals surface area contributed by atoms with E-state index >= 15 is 4.79 Å². The molecule has 0 radical (unpaired) electrons. The molecule has 0 aliphatic carbocycles. The summed E-state index contributed by atoms with van der Waals surface area (Å²) in [6, 6.07) is 45.4. The Morgan fingerprint density at radius 1 is 0.771 bits per heavy atom. The van der Waals surface area contributed by atoms with Crippen LogP contribution >= 0.6 is 0 Å². The lowest BCUT2D eigenvalue weighted by molar-refractivity contribution is -0.168. The van der Waals surface area contributed by atoms with Crippen molar-refractivity contribution >= 4 is 40.3 Å². The maximum Gasteiger partial charge on any atom is 0.305 e. The third-order valence-electron chi connectivity index (χ3n) is 14.2. The van der Waals surface area contributed by atoms with E-state index in [9.17, 15) is 23.4 Å². The van der Waals surface area contributed by atoms with Gasteiger partial charge in [0.25, 0.3) is 8.32 Å². The Kier molecular flexibility index (Phi) is 18.6. The first-order chi connectivity index (χ1) is 33.3. The van der Waals surface area contributed by atoms with Crippen LogP contribution in [0.25, 0.3) is 0 Å². The van der Waals surface area contributed by atoms with Crippen LogP contribution in [0, 0.1) is 17.3 Å². The summed E-state index contributed by atoms with van der Waals surface area (Å²) in [5.74, 6) is -2.13. The van der Waals surface area contributed by atoms with Crippen molar-refractivity contribution in [2.75, 3.05) is 13.7 Å². The average molecular weight is 993 g/mol. The number of carboxylic acid groups (broad SMARTS) is 1. The molecule has 0 amide bonds. The summed E-state index contributed by atoms with van der Waals surface area (Å²) in [5, 5.41) is 22.6. The van der Waals surface area contributed by atoms with Crippen molar-refractivity contribution in [3.8, 4) is 5.75 Å². The second-order valence-corrected chi connectivity index (χ2v) is 26.8. The second-order valence-electron chi connectivity index (χ2n) is 20.4. The van der Waals surface area contributed by atoms with Crippen LogP contribution in [0.5, 0.6) is 5.75 Å². The third-order valence-corrected chi connectivity index (χ3v) is 21.3. The molecule has 5 aromatic carbocycles. The Labute approximate surface area is 416 Å². The number of carbonyl (C=O) groups is 2. The third kappa shape index (κ3) is 13.1. The van der Waals surface area contributed by atoms with Crippen LogP contribution in [0.2, 0.25) is 5.04 Å². The van der Waals surface area contributed by atoms with Crippen molar-refractivity contribution < 1.29 is 51.6 Å². The van der Waals surface area contributed by atoms with E-state index in [1.54, 1.807) is 32.2 Å². The van der Waals surface area contributed by atoms with Gasteiger partial charge in [0, 0.05) is 23.7 Å². The van der Waals surface area contributed by atoms with E-state index in [2.05, 4.69) is 45.0 Å². The number of aliphatic hydroxyl groups excluding tert-OH is 1. The Morgan fingerprint density at radius 2 is 1.30 bits per heavy atom. The summed E-state index contributed by atoms with van der Waals surface area (Å²) in [4.78, 5) is 27.3. The highest BCUT2D eigenvalue weighted by Crippen LogP contribution is 2.40. The molecule has 1 aliphatic heterocycles. The number of sulfone groups is 1. The fraction of sp³-hybridized carbons (Fsp3) is 0.439. The topological polar surface area (TPSA) is 155 Å². The molecule has 376 valence electrons. The standard InChI is InChI=1S/C57H72O11SSi/c1-40(55(61)51(69(62,63)46-23-15-10-16-24-46)35-45-34-49(41(2)50(68-45)36-54(59)60)65-37-42-21-13-9-14-22-42)33-53(66-38-43-29-31-44(64-8)32-30-43)57(6,7)52(58)39-67-70(56(3,4)5,47-25-17-11-18-26-47)48-27-19-12-20-28-48/h9-32,40-41,45,49-53,58H,33-39H2,1-8H3,(H,59,60)/t40-,41-,45+,49+,50+,51?,52-,53-/m1/s1. The zero-order chi connectivity index (χ0) is 50.7. The normalized spacial score (nSPS) is 19.7. The van der Waals surface area contributed by atoms with E-state index in [0.29, 0.717) is 5.75 Å². The Morgan fingerprint density at radius 3 is 1.83 bits per heavy atom. The molecule has 0 bridgehead atoms. The molecule has 1 saturated heterocycles. The van der Waals surface area contributed by atoms with Gasteiger partial charge >= 0.3 is 5.97 Å². The molecule has 13 heteroatoms. The number of ether oxygens (including phenoxy) is 4. The first-order valence-electron chi connectivity index (χ1n) is 24.3. The molecule has 0 spiro atoms. The van der Waals surface area contributed by atoms with E-state index in [1.165, 1.54) is 12.1 Å². The van der Waals surface area contributed by atoms with Gasteiger partial charge in [-0.2, -0.15) is 0 Å². The highest BCUT2D eigenvalue weighted by Gasteiger charge is 2.52. The predicted octanol–water partition coefficient (Wildman–Crippen LogP) is 9.23. The minimum atomic E-state index is -4.32. The highest BCUT2D eigenvalue weighted by molar-refractivity contribution is 7.92. The molecule has 1 aliphatic rings. The average Bonchev–Trinajstić information content (AvgIpc) is 3.35. The summed E-state index contributed by atoms with van der Waals surface area (Å²) in [6.07, 6.45) is -4.17. The molecule has 8 atom stereocenters. The highest BCUT2D eigenvalue weighted by atomic mass is 32.2. The molecule has 11 nitrogen and oxygen atoms in total. The minimum absolute atomic E-state index is 0.00720. The smallest absolute Gasteiger partial charge is 0.305 e. The quantitative estimate of drug-likeness (QED) is 0.0569. The molecule has 2 N–H and O–H groups in total. The lowest BCUT2D eigenvalue weighted by Crippen LogP contribution is -2.67. The van der Waals surface area contributed by atoms with Gasteiger partial charge in [-0.05, 0) is 63.6 Å². The molecule has 5 aromatic rings. The SMILES string of the molecule is COc1ccc(CO[C@H](C[C@@H](C)C(=O)C(C[C@@H]2C[C@H](OCc3ccccc3)[C@@H](C)[C@H](CC(=O)O)O2)S(=O)(=O)c2ccccc2)C(C)(C)[C@H](O)CO[Si](c2ccccc2)(c2ccccc2)C(C)(C)C)cc1. The van der Waals surface area contributed by atoms with E-state index < -0.39 is 77.0 Å². The van der Waals surface area contributed by atoms with Gasteiger partial charge in [-0.15, -0.1) is 0 Å². The summed E-state index contributed by atoms with van der Waals surface area (Å²) in [7, 11) is -5.80. The number of carboxylic acids is 1. The summed E-state index contributed by atoms with van der Waals surface area (Å²) in [5.41, 5.74) is 0.732. The number of Topliss-reactive ketones (excluding diaryl/α,β-unsaturated/α-hetero) is 1. The van der Waals surface area contributed by atoms with Crippen molar-refractivity contribution in [3.05, 3.63) is 157 Å². The maximum absolute atomic E-state index is 15.2. The largest absolute Gasteiger partial charge is 0.497 e. The van der Waals surface area contributed by atoms with Crippen LogP contribution in [-0.2, 0) is 51.3 Å². The molecule has 70 heavy (non-hydrogen) atoms. The van der Waals surface area contributed by atoms with Crippen LogP contribution in [-0.4, -0.2) is 88.2 Å². The van der Waals surface area contributed by atoms with Crippen molar-refractivity contribution in [2.45, 2.75) is 133 Å². The van der Waals surface area contributed by atoms with Crippen LogP contribution in [0.1, 0.15) is 85.3 Å². The molecule has 1 heterocycles. The van der Waals surface area contributed by atoms with Gasteiger partial charge in [0.05, 0.1) is 68.8 Å². The van der Waals surface area contributed by atoms with Crippen LogP contribution in [0.4, 0.5) is 0 Å². The Balaban J connectivity index is 1.32. The van der Waals surface area contributed by atoms with Crippen molar-refractivity contribution in [3.63, 3.8) is 0 Å². The van der Waals surface area contributed by atoms with Gasteiger partial charge in [-0.1, -0.05) is 170 Å². The van der Waals surface area contributed by atoms with Gasteiger partial charge in [0.15, 0.2) is 15.6 Å². The number of aliphatic carboxylic acids is 1. The number of benzene rings is 5. The fourth-order valence-corrected chi connectivity index (χ4v) is 16.2. The number of carbonyl (C=O) groups excluding carboxylic acids is 1. The summed E-state index contributed by atoms with van der Waals surface area (Å²) < 4.78 is 61.9. The zero-order valence-electron chi connectivity index (χ0n) is 41.9. The molecular weight excluding hydrogens is 921 g/mol.